The number of benzene rings is 1. The zero-order chi connectivity index (χ0) is 18.6. The Bertz CT molecular complexity index is 824. The zero-order valence-corrected chi connectivity index (χ0v) is 15.7. The number of aliphatic hydroxyl groups excluding tert-OH is 1. The van der Waals surface area contributed by atoms with Gasteiger partial charge in [0.25, 0.3) is 5.56 Å². The minimum Gasteiger partial charge on any atom is -0.395 e. The van der Waals surface area contributed by atoms with Crippen LogP contribution in [-0.2, 0) is 11.3 Å². The van der Waals surface area contributed by atoms with Gasteiger partial charge in [0.05, 0.1) is 30.4 Å². The molecule has 3 heterocycles. The Morgan fingerprint density at radius 3 is 2.67 bits per heavy atom. The number of fused-ring (bicyclic) bond motifs is 1. The predicted octanol–water partition coefficient (Wildman–Crippen LogP) is 0.937. The van der Waals surface area contributed by atoms with E-state index in [0.29, 0.717) is 5.39 Å². The van der Waals surface area contributed by atoms with E-state index < -0.39 is 0 Å². The molecule has 27 heavy (non-hydrogen) atoms. The molecule has 2 saturated heterocycles. The van der Waals surface area contributed by atoms with E-state index in [2.05, 4.69) is 14.8 Å². The van der Waals surface area contributed by atoms with Gasteiger partial charge >= 0.3 is 0 Å². The van der Waals surface area contributed by atoms with Crippen LogP contribution >= 0.6 is 0 Å². The normalized spacial score (nSPS) is 19.7. The van der Waals surface area contributed by atoms with Crippen LogP contribution in [0.5, 0.6) is 0 Å². The van der Waals surface area contributed by atoms with Crippen molar-refractivity contribution >= 4 is 16.6 Å². The van der Waals surface area contributed by atoms with Crippen LogP contribution in [-0.4, -0.2) is 72.1 Å². The molecule has 1 aromatic carbocycles. The molecule has 146 valence electrons. The van der Waals surface area contributed by atoms with Crippen LogP contribution in [0.1, 0.15) is 12.8 Å². The van der Waals surface area contributed by atoms with Crippen molar-refractivity contribution in [2.24, 2.45) is 5.92 Å². The number of piperazine rings is 1. The molecule has 0 radical (unpaired) electrons. The van der Waals surface area contributed by atoms with E-state index in [1.165, 1.54) is 30.3 Å². The molecular weight excluding hydrogens is 344 g/mol. The highest BCUT2D eigenvalue weighted by Crippen LogP contribution is 2.22. The molecule has 1 aromatic heterocycles. The molecule has 0 aliphatic carbocycles. The number of nitrogens with zero attached hydrogens (tertiary/aromatic N) is 4. The summed E-state index contributed by atoms with van der Waals surface area (Å²) in [7, 11) is 0. The molecule has 4 rings (SSSR count). The van der Waals surface area contributed by atoms with Gasteiger partial charge in [0, 0.05) is 51.6 Å². The second kappa shape index (κ2) is 8.37. The van der Waals surface area contributed by atoms with Gasteiger partial charge in [0.15, 0.2) is 0 Å². The first-order valence-corrected chi connectivity index (χ1v) is 9.90. The molecule has 0 unspecified atom stereocenters. The van der Waals surface area contributed by atoms with Crippen LogP contribution in [0.2, 0.25) is 0 Å². The lowest BCUT2D eigenvalue weighted by atomic mass is 9.99. The molecule has 0 atom stereocenters. The molecular formula is C20H28N4O3. The zero-order valence-electron chi connectivity index (χ0n) is 15.7. The maximum Gasteiger partial charge on any atom is 0.261 e. The van der Waals surface area contributed by atoms with E-state index in [9.17, 15) is 4.79 Å². The van der Waals surface area contributed by atoms with Crippen molar-refractivity contribution in [3.8, 4) is 0 Å². The largest absolute Gasteiger partial charge is 0.395 e. The van der Waals surface area contributed by atoms with Gasteiger partial charge in [0.2, 0.25) is 0 Å². The minimum atomic E-state index is -0.0955. The van der Waals surface area contributed by atoms with Crippen molar-refractivity contribution in [1.82, 2.24) is 14.5 Å². The Labute approximate surface area is 159 Å². The third-order valence-corrected chi connectivity index (χ3v) is 5.74. The number of ether oxygens (including phenoxy) is 1. The molecule has 7 heteroatoms. The second-order valence-corrected chi connectivity index (χ2v) is 7.51. The van der Waals surface area contributed by atoms with E-state index >= 15 is 0 Å². The molecule has 0 bridgehead atoms. The van der Waals surface area contributed by atoms with Gasteiger partial charge in [-0.15, -0.1) is 0 Å². The summed E-state index contributed by atoms with van der Waals surface area (Å²) in [6, 6.07) is 5.89. The maximum absolute atomic E-state index is 12.4. The summed E-state index contributed by atoms with van der Waals surface area (Å²) in [5.74, 6) is 0.774. The topological polar surface area (TPSA) is 70.8 Å². The first-order valence-electron chi connectivity index (χ1n) is 9.90. The van der Waals surface area contributed by atoms with Gasteiger partial charge in [-0.05, 0) is 37.0 Å². The first-order chi connectivity index (χ1) is 13.2. The number of aromatic nitrogens is 2. The Hall–Kier alpha value is -1.96. The van der Waals surface area contributed by atoms with Crippen LogP contribution in [0.25, 0.3) is 10.9 Å². The summed E-state index contributed by atoms with van der Waals surface area (Å²) in [6.45, 7) is 7.35. The first kappa shape index (κ1) is 18.4. The molecule has 2 aromatic rings. The van der Waals surface area contributed by atoms with Crippen molar-refractivity contribution in [3.05, 3.63) is 34.9 Å². The summed E-state index contributed by atoms with van der Waals surface area (Å²) < 4.78 is 6.91. The van der Waals surface area contributed by atoms with E-state index in [4.69, 9.17) is 9.84 Å². The Morgan fingerprint density at radius 2 is 1.93 bits per heavy atom. The van der Waals surface area contributed by atoms with Gasteiger partial charge in [-0.25, -0.2) is 4.98 Å². The lowest BCUT2D eigenvalue weighted by Gasteiger charge is -2.38. The highest BCUT2D eigenvalue weighted by Gasteiger charge is 2.22. The van der Waals surface area contributed by atoms with Crippen molar-refractivity contribution in [3.63, 3.8) is 0 Å². The standard InChI is InChI=1S/C20H28N4O3/c25-10-9-24-15-21-19-13-17(1-2-18(19)20(24)26)23-7-5-22(6-8-23)14-16-3-11-27-12-4-16/h1-2,13,15-16,25H,3-12,14H2. The molecule has 0 saturated carbocycles. The molecule has 2 aliphatic heterocycles. The lowest BCUT2D eigenvalue weighted by Crippen LogP contribution is -2.48. The van der Waals surface area contributed by atoms with Gasteiger partial charge in [0.1, 0.15) is 0 Å². The smallest absolute Gasteiger partial charge is 0.261 e. The Kier molecular flexibility index (Phi) is 5.71. The van der Waals surface area contributed by atoms with Crippen molar-refractivity contribution < 1.29 is 9.84 Å². The van der Waals surface area contributed by atoms with Gasteiger partial charge in [-0.3, -0.25) is 14.3 Å². The monoisotopic (exact) mass is 372 g/mol. The fraction of sp³-hybridized carbons (Fsp3) is 0.600. The summed E-state index contributed by atoms with van der Waals surface area (Å²) in [5.41, 5.74) is 1.75. The van der Waals surface area contributed by atoms with E-state index in [1.54, 1.807) is 0 Å². The van der Waals surface area contributed by atoms with E-state index in [0.717, 1.165) is 56.5 Å². The van der Waals surface area contributed by atoms with Crippen LogP contribution < -0.4 is 10.5 Å². The van der Waals surface area contributed by atoms with Crippen LogP contribution in [0, 0.1) is 5.92 Å². The lowest BCUT2D eigenvalue weighted by molar-refractivity contribution is 0.0517. The minimum absolute atomic E-state index is 0.0661. The van der Waals surface area contributed by atoms with Crippen molar-refractivity contribution in [2.75, 3.05) is 57.4 Å². The van der Waals surface area contributed by atoms with E-state index in [1.807, 2.05) is 18.2 Å². The van der Waals surface area contributed by atoms with Gasteiger partial charge in [-0.1, -0.05) is 0 Å². The van der Waals surface area contributed by atoms with Crippen LogP contribution in [0.4, 0.5) is 5.69 Å². The number of hydrogen-bond acceptors (Lipinski definition) is 6. The third-order valence-electron chi connectivity index (χ3n) is 5.74. The highest BCUT2D eigenvalue weighted by molar-refractivity contribution is 5.81. The summed E-state index contributed by atoms with van der Waals surface area (Å²) in [4.78, 5) is 21.8. The quantitative estimate of drug-likeness (QED) is 0.842. The molecule has 0 amide bonds. The molecule has 2 fully saturated rings. The highest BCUT2D eigenvalue weighted by atomic mass is 16.5. The second-order valence-electron chi connectivity index (χ2n) is 7.51. The predicted molar refractivity (Wildman–Crippen MR) is 105 cm³/mol. The molecule has 7 nitrogen and oxygen atoms in total. The van der Waals surface area contributed by atoms with Crippen LogP contribution in [0.3, 0.4) is 0 Å². The average molecular weight is 372 g/mol. The Balaban J connectivity index is 1.41. The van der Waals surface area contributed by atoms with Crippen molar-refractivity contribution in [1.29, 1.82) is 0 Å². The van der Waals surface area contributed by atoms with Gasteiger partial charge in [-0.2, -0.15) is 0 Å². The number of anilines is 1. The summed E-state index contributed by atoms with van der Waals surface area (Å²) >= 11 is 0. The molecule has 1 N–H and O–H groups in total. The van der Waals surface area contributed by atoms with Gasteiger partial charge < -0.3 is 14.7 Å². The number of hydrogen-bond donors (Lipinski definition) is 1. The van der Waals surface area contributed by atoms with Crippen LogP contribution in [0.15, 0.2) is 29.3 Å². The maximum atomic E-state index is 12.4. The summed E-state index contributed by atoms with van der Waals surface area (Å²) in [5, 5.41) is 9.66. The molecule has 2 aliphatic rings. The Morgan fingerprint density at radius 1 is 1.15 bits per heavy atom. The average Bonchev–Trinajstić information content (AvgIpc) is 2.71. The van der Waals surface area contributed by atoms with Crippen molar-refractivity contribution in [2.45, 2.75) is 19.4 Å². The fourth-order valence-corrected chi connectivity index (χ4v) is 4.09. The molecule has 0 spiro atoms. The number of aliphatic hydroxyl groups is 1. The SMILES string of the molecule is O=c1c2ccc(N3CCN(CC4CCOCC4)CC3)cc2ncn1CCO. The fourth-order valence-electron chi connectivity index (χ4n) is 4.09. The third kappa shape index (κ3) is 4.15. The summed E-state index contributed by atoms with van der Waals surface area (Å²) in [6.07, 6.45) is 3.89. The number of rotatable bonds is 5. The van der Waals surface area contributed by atoms with E-state index in [-0.39, 0.29) is 18.7 Å².